The van der Waals surface area contributed by atoms with Crippen LogP contribution in [0.15, 0.2) is 35.4 Å². The van der Waals surface area contributed by atoms with Gasteiger partial charge in [-0.3, -0.25) is 4.79 Å². The van der Waals surface area contributed by atoms with Crippen LogP contribution < -0.4 is 10.0 Å². The molecule has 0 atom stereocenters. The topological polar surface area (TPSA) is 104 Å². The van der Waals surface area contributed by atoms with Gasteiger partial charge in [0.2, 0.25) is 10.0 Å². The van der Waals surface area contributed by atoms with Gasteiger partial charge in [-0.05, 0) is 24.3 Å². The number of carbonyl (C=O) groups excluding carboxylic acids is 1. The smallest absolute Gasteiger partial charge is 0.271 e. The number of fused-ring (bicyclic) bond motifs is 3. The van der Waals surface area contributed by atoms with Gasteiger partial charge in [-0.2, -0.15) is 0 Å². The van der Waals surface area contributed by atoms with Crippen molar-refractivity contribution in [2.45, 2.75) is 11.8 Å². The first-order valence-corrected chi connectivity index (χ1v) is 8.58. The summed E-state index contributed by atoms with van der Waals surface area (Å²) in [6.07, 6.45) is 1.53. The maximum absolute atomic E-state index is 12.2. The SMILES string of the molecule is CCNS(=O)(=O)c1ccc2[nH]c3c(C(=O)NC)nccc3c2c1. The summed E-state index contributed by atoms with van der Waals surface area (Å²) in [4.78, 5) is 19.3. The van der Waals surface area contributed by atoms with Crippen molar-refractivity contribution in [2.75, 3.05) is 13.6 Å². The summed E-state index contributed by atoms with van der Waals surface area (Å²) in [5.74, 6) is -0.303. The highest BCUT2D eigenvalue weighted by atomic mass is 32.2. The number of amides is 1. The molecule has 23 heavy (non-hydrogen) atoms. The lowest BCUT2D eigenvalue weighted by Gasteiger charge is -2.04. The van der Waals surface area contributed by atoms with Gasteiger partial charge in [0, 0.05) is 36.1 Å². The maximum atomic E-state index is 12.2. The summed E-state index contributed by atoms with van der Waals surface area (Å²) < 4.78 is 26.8. The quantitative estimate of drug-likeness (QED) is 0.671. The van der Waals surface area contributed by atoms with Gasteiger partial charge in [-0.1, -0.05) is 6.92 Å². The molecule has 0 aliphatic carbocycles. The van der Waals surface area contributed by atoms with Gasteiger partial charge in [-0.15, -0.1) is 0 Å². The van der Waals surface area contributed by atoms with Gasteiger partial charge in [0.05, 0.1) is 10.4 Å². The van der Waals surface area contributed by atoms with Crippen molar-refractivity contribution in [1.82, 2.24) is 20.0 Å². The van der Waals surface area contributed by atoms with Crippen molar-refractivity contribution >= 4 is 37.7 Å². The highest BCUT2D eigenvalue weighted by Crippen LogP contribution is 2.28. The Morgan fingerprint density at radius 1 is 1.26 bits per heavy atom. The molecule has 2 heterocycles. The van der Waals surface area contributed by atoms with Crippen LogP contribution >= 0.6 is 0 Å². The van der Waals surface area contributed by atoms with Crippen LogP contribution in [0.5, 0.6) is 0 Å². The number of aromatic amines is 1. The van der Waals surface area contributed by atoms with Gasteiger partial charge in [-0.25, -0.2) is 18.1 Å². The third-order valence-corrected chi connectivity index (χ3v) is 5.12. The zero-order chi connectivity index (χ0) is 16.6. The molecular formula is C15H16N4O3S. The Morgan fingerprint density at radius 2 is 2.04 bits per heavy atom. The molecule has 8 heteroatoms. The van der Waals surface area contributed by atoms with Crippen molar-refractivity contribution < 1.29 is 13.2 Å². The highest BCUT2D eigenvalue weighted by Gasteiger charge is 2.17. The lowest BCUT2D eigenvalue weighted by molar-refractivity contribution is 0.0960. The molecule has 1 aromatic carbocycles. The molecular weight excluding hydrogens is 316 g/mol. The second-order valence-corrected chi connectivity index (χ2v) is 6.76. The molecule has 0 unspecified atom stereocenters. The molecule has 0 bridgehead atoms. The van der Waals surface area contributed by atoms with E-state index in [-0.39, 0.29) is 16.5 Å². The lowest BCUT2D eigenvalue weighted by atomic mass is 10.1. The van der Waals surface area contributed by atoms with Gasteiger partial charge in [0.1, 0.15) is 0 Å². The van der Waals surface area contributed by atoms with Crippen molar-refractivity contribution in [3.8, 4) is 0 Å². The summed E-state index contributed by atoms with van der Waals surface area (Å²) in [6, 6.07) is 6.57. The van der Waals surface area contributed by atoms with E-state index in [0.717, 1.165) is 16.3 Å². The Hall–Kier alpha value is -2.45. The minimum absolute atomic E-state index is 0.186. The number of H-pyrrole nitrogens is 1. The monoisotopic (exact) mass is 332 g/mol. The third kappa shape index (κ3) is 2.55. The largest absolute Gasteiger partial charge is 0.354 e. The van der Waals surface area contributed by atoms with E-state index in [9.17, 15) is 13.2 Å². The number of sulfonamides is 1. The number of pyridine rings is 1. The summed E-state index contributed by atoms with van der Waals surface area (Å²) in [5.41, 5.74) is 1.60. The van der Waals surface area contributed by atoms with E-state index in [0.29, 0.717) is 12.1 Å². The molecule has 7 nitrogen and oxygen atoms in total. The standard InChI is InChI=1S/C15H16N4O3S/c1-3-18-23(21,22)9-4-5-12-11(8-9)10-6-7-17-14(13(10)19-12)15(20)16-2/h4-8,18-19H,3H2,1-2H3,(H,16,20). The van der Waals surface area contributed by atoms with Gasteiger partial charge >= 0.3 is 0 Å². The fourth-order valence-electron chi connectivity index (χ4n) is 2.53. The second kappa shape index (κ2) is 5.64. The van der Waals surface area contributed by atoms with Crippen molar-refractivity contribution in [3.63, 3.8) is 0 Å². The molecule has 3 N–H and O–H groups in total. The number of nitrogens with one attached hydrogen (secondary N) is 3. The van der Waals surface area contributed by atoms with E-state index in [4.69, 9.17) is 0 Å². The first-order valence-electron chi connectivity index (χ1n) is 7.10. The summed E-state index contributed by atoms with van der Waals surface area (Å²) in [5, 5.41) is 4.02. The molecule has 0 spiro atoms. The molecule has 1 amide bonds. The van der Waals surface area contributed by atoms with Gasteiger partial charge in [0.25, 0.3) is 5.91 Å². The molecule has 3 rings (SSSR count). The minimum Gasteiger partial charge on any atom is -0.354 e. The average Bonchev–Trinajstić information content (AvgIpc) is 2.91. The van der Waals surface area contributed by atoms with E-state index in [2.05, 4.69) is 20.0 Å². The molecule has 0 fully saturated rings. The number of nitrogens with zero attached hydrogens (tertiary/aromatic N) is 1. The number of rotatable bonds is 4. The van der Waals surface area contributed by atoms with Crippen LogP contribution in [-0.2, 0) is 10.0 Å². The van der Waals surface area contributed by atoms with Crippen molar-refractivity contribution in [3.05, 3.63) is 36.2 Å². The Morgan fingerprint density at radius 3 is 2.74 bits per heavy atom. The van der Waals surface area contributed by atoms with Crippen LogP contribution in [0.1, 0.15) is 17.4 Å². The molecule has 120 valence electrons. The maximum Gasteiger partial charge on any atom is 0.271 e. The highest BCUT2D eigenvalue weighted by molar-refractivity contribution is 7.89. The van der Waals surface area contributed by atoms with E-state index in [1.54, 1.807) is 25.1 Å². The Labute approximate surface area is 133 Å². The molecule has 0 radical (unpaired) electrons. The number of carbonyl (C=O) groups is 1. The molecule has 2 aromatic heterocycles. The van der Waals surface area contributed by atoms with E-state index in [1.165, 1.54) is 19.3 Å². The van der Waals surface area contributed by atoms with Crippen molar-refractivity contribution in [2.24, 2.45) is 0 Å². The predicted molar refractivity (Wildman–Crippen MR) is 87.9 cm³/mol. The van der Waals surface area contributed by atoms with Crippen LogP contribution in [0.4, 0.5) is 0 Å². The number of benzene rings is 1. The average molecular weight is 332 g/mol. The van der Waals surface area contributed by atoms with Crippen LogP contribution in [-0.4, -0.2) is 37.9 Å². The molecule has 0 aliphatic heterocycles. The van der Waals surface area contributed by atoms with E-state index < -0.39 is 10.0 Å². The van der Waals surface area contributed by atoms with Crippen LogP contribution in [0.3, 0.4) is 0 Å². The number of aromatic nitrogens is 2. The van der Waals surface area contributed by atoms with E-state index in [1.807, 2.05) is 0 Å². The predicted octanol–water partition coefficient (Wildman–Crippen LogP) is 1.37. The first-order chi connectivity index (χ1) is 11.0. The minimum atomic E-state index is -3.54. The Bertz CT molecular complexity index is 1010. The van der Waals surface area contributed by atoms with Crippen LogP contribution in [0.25, 0.3) is 21.8 Å². The summed E-state index contributed by atoms with van der Waals surface area (Å²) >= 11 is 0. The number of hydrogen-bond donors (Lipinski definition) is 3. The fourth-order valence-corrected chi connectivity index (χ4v) is 3.60. The Kier molecular flexibility index (Phi) is 3.78. The normalized spacial score (nSPS) is 11.9. The van der Waals surface area contributed by atoms with Gasteiger partial charge < -0.3 is 10.3 Å². The third-order valence-electron chi connectivity index (χ3n) is 3.58. The summed E-state index contributed by atoms with van der Waals surface area (Å²) in [7, 11) is -2.00. The lowest BCUT2D eigenvalue weighted by Crippen LogP contribution is -2.22. The zero-order valence-corrected chi connectivity index (χ0v) is 13.5. The molecule has 0 aliphatic rings. The first kappa shape index (κ1) is 15.4. The summed E-state index contributed by atoms with van der Waals surface area (Å²) in [6.45, 7) is 2.04. The van der Waals surface area contributed by atoms with E-state index >= 15 is 0 Å². The molecule has 0 saturated carbocycles. The number of hydrogen-bond acceptors (Lipinski definition) is 4. The molecule has 0 saturated heterocycles. The second-order valence-electron chi connectivity index (χ2n) is 4.99. The van der Waals surface area contributed by atoms with Gasteiger partial charge in [0.15, 0.2) is 5.69 Å². The van der Waals surface area contributed by atoms with Crippen molar-refractivity contribution in [1.29, 1.82) is 0 Å². The van der Waals surface area contributed by atoms with Crippen LogP contribution in [0.2, 0.25) is 0 Å². The Balaban J connectivity index is 2.28. The fraction of sp³-hybridized carbons (Fsp3) is 0.200. The zero-order valence-electron chi connectivity index (χ0n) is 12.7. The molecule has 3 aromatic rings. The van der Waals surface area contributed by atoms with Crippen LogP contribution in [0, 0.1) is 0 Å².